The van der Waals surface area contributed by atoms with Gasteiger partial charge in [-0.15, -0.1) is 10.2 Å². The van der Waals surface area contributed by atoms with E-state index in [0.717, 1.165) is 48.0 Å². The van der Waals surface area contributed by atoms with Gasteiger partial charge in [-0.25, -0.2) is 9.37 Å². The predicted octanol–water partition coefficient (Wildman–Crippen LogP) is 3.42. The van der Waals surface area contributed by atoms with Crippen LogP contribution in [0.4, 0.5) is 10.2 Å². The van der Waals surface area contributed by atoms with Gasteiger partial charge in [0.1, 0.15) is 12.9 Å². The Morgan fingerprint density at radius 2 is 2.06 bits per heavy atom. The predicted molar refractivity (Wildman–Crippen MR) is 121 cm³/mol. The molecule has 0 spiro atoms. The van der Waals surface area contributed by atoms with Gasteiger partial charge in [0.15, 0.2) is 17.4 Å². The van der Waals surface area contributed by atoms with Gasteiger partial charge in [0, 0.05) is 36.7 Å². The van der Waals surface area contributed by atoms with Gasteiger partial charge >= 0.3 is 0 Å². The van der Waals surface area contributed by atoms with Crippen LogP contribution in [0.15, 0.2) is 47.3 Å². The van der Waals surface area contributed by atoms with Gasteiger partial charge in [0.2, 0.25) is 0 Å². The van der Waals surface area contributed by atoms with Crippen molar-refractivity contribution in [3.05, 3.63) is 54.5 Å². The molecular weight excluding hydrogens is 425 g/mol. The SMILES string of the molecule is Cn1cc(-c2ccc3nnc(NC(=O)c4coc(C5CCN(CCF)CC5)n4)cc3c2)cn1. The summed E-state index contributed by atoms with van der Waals surface area (Å²) in [7, 11) is 1.87. The first-order chi connectivity index (χ1) is 16.1. The van der Waals surface area contributed by atoms with Crippen LogP contribution in [-0.4, -0.2) is 62.1 Å². The minimum atomic E-state index is -0.406. The lowest BCUT2D eigenvalue weighted by Gasteiger charge is -2.29. The van der Waals surface area contributed by atoms with E-state index in [0.29, 0.717) is 18.3 Å². The van der Waals surface area contributed by atoms with Gasteiger partial charge in [-0.1, -0.05) is 6.07 Å². The number of likely N-dealkylation sites (tertiary alicyclic amines) is 1. The molecule has 1 saturated heterocycles. The van der Waals surface area contributed by atoms with Crippen molar-refractivity contribution in [3.63, 3.8) is 0 Å². The molecule has 3 aromatic heterocycles. The van der Waals surface area contributed by atoms with Crippen molar-refractivity contribution in [3.8, 4) is 11.1 Å². The number of carbonyl (C=O) groups is 1. The number of piperidine rings is 1. The second kappa shape index (κ2) is 9.07. The summed E-state index contributed by atoms with van der Waals surface area (Å²) < 4.78 is 19.9. The van der Waals surface area contributed by atoms with Crippen molar-refractivity contribution >= 4 is 22.6 Å². The third kappa shape index (κ3) is 4.61. The molecule has 1 amide bonds. The van der Waals surface area contributed by atoms with Gasteiger partial charge in [-0.05, 0) is 49.7 Å². The summed E-state index contributed by atoms with van der Waals surface area (Å²) in [5.41, 5.74) is 2.91. The van der Waals surface area contributed by atoms with Gasteiger partial charge in [0.05, 0.1) is 11.7 Å². The van der Waals surface area contributed by atoms with E-state index in [1.54, 1.807) is 16.9 Å². The highest BCUT2D eigenvalue weighted by atomic mass is 19.1. The fraction of sp³-hybridized carbons (Fsp3) is 0.348. The Balaban J connectivity index is 1.28. The molecule has 0 aliphatic carbocycles. The molecule has 0 atom stereocenters. The Hall–Kier alpha value is -3.66. The topological polar surface area (TPSA) is 102 Å². The van der Waals surface area contributed by atoms with Crippen molar-refractivity contribution in [2.75, 3.05) is 31.6 Å². The number of anilines is 1. The summed E-state index contributed by atoms with van der Waals surface area (Å²) in [6.07, 6.45) is 6.76. The molecule has 1 aliphatic rings. The van der Waals surface area contributed by atoms with Crippen LogP contribution in [0.25, 0.3) is 22.0 Å². The maximum atomic E-state index is 12.7. The Labute approximate surface area is 189 Å². The first kappa shape index (κ1) is 21.2. The standard InChI is InChI=1S/C23H24FN7O2/c1-30-13-18(12-25-30)16-2-3-19-17(10-16)11-21(29-28-19)27-22(32)20-14-33-23(26-20)15-4-7-31(8-5-15)9-6-24/h2-3,10-15H,4-9H2,1H3,(H,27,29,32). The maximum absolute atomic E-state index is 12.7. The molecule has 4 aromatic rings. The average Bonchev–Trinajstić information content (AvgIpc) is 3.49. The Bertz CT molecular complexity index is 1280. The number of amides is 1. The number of nitrogens with zero attached hydrogens (tertiary/aromatic N) is 6. The van der Waals surface area contributed by atoms with E-state index in [1.807, 2.05) is 31.4 Å². The van der Waals surface area contributed by atoms with E-state index in [4.69, 9.17) is 4.42 Å². The summed E-state index contributed by atoms with van der Waals surface area (Å²) in [6, 6.07) is 7.62. The van der Waals surface area contributed by atoms with Crippen LogP contribution in [-0.2, 0) is 7.05 Å². The van der Waals surface area contributed by atoms with Crippen LogP contribution in [0.5, 0.6) is 0 Å². The molecule has 0 saturated carbocycles. The number of halogens is 1. The molecule has 0 unspecified atom stereocenters. The van der Waals surface area contributed by atoms with Crippen LogP contribution >= 0.6 is 0 Å². The lowest BCUT2D eigenvalue weighted by molar-refractivity contribution is 0.102. The van der Waals surface area contributed by atoms with E-state index in [1.165, 1.54) is 6.26 Å². The summed E-state index contributed by atoms with van der Waals surface area (Å²) in [4.78, 5) is 19.2. The van der Waals surface area contributed by atoms with Gasteiger partial charge in [0.25, 0.3) is 5.91 Å². The molecule has 1 fully saturated rings. The van der Waals surface area contributed by atoms with Crippen molar-refractivity contribution in [2.45, 2.75) is 18.8 Å². The molecule has 1 aromatic carbocycles. The van der Waals surface area contributed by atoms with Crippen LogP contribution < -0.4 is 5.32 Å². The number of aromatic nitrogens is 5. The molecule has 4 heterocycles. The van der Waals surface area contributed by atoms with Crippen molar-refractivity contribution in [1.29, 1.82) is 0 Å². The first-order valence-corrected chi connectivity index (χ1v) is 10.9. The molecule has 10 heteroatoms. The van der Waals surface area contributed by atoms with E-state index in [2.05, 4.69) is 30.5 Å². The molecule has 0 radical (unpaired) electrons. The molecule has 5 rings (SSSR count). The van der Waals surface area contributed by atoms with Gasteiger partial charge in [-0.2, -0.15) is 5.10 Å². The number of rotatable bonds is 6. The highest BCUT2D eigenvalue weighted by Crippen LogP contribution is 2.28. The zero-order valence-electron chi connectivity index (χ0n) is 18.2. The van der Waals surface area contributed by atoms with Crippen LogP contribution in [0.2, 0.25) is 0 Å². The van der Waals surface area contributed by atoms with Crippen LogP contribution in [0.1, 0.15) is 35.1 Å². The second-order valence-electron chi connectivity index (χ2n) is 8.24. The number of alkyl halides is 1. The summed E-state index contributed by atoms with van der Waals surface area (Å²) in [5.74, 6) is 0.608. The number of hydrogen-bond donors (Lipinski definition) is 1. The fourth-order valence-corrected chi connectivity index (χ4v) is 4.14. The molecule has 0 bridgehead atoms. The maximum Gasteiger partial charge on any atom is 0.278 e. The number of benzene rings is 1. The summed E-state index contributed by atoms with van der Waals surface area (Å²) in [6.45, 7) is 1.72. The number of oxazole rings is 1. The third-order valence-electron chi connectivity index (χ3n) is 5.96. The monoisotopic (exact) mass is 449 g/mol. The number of carbonyl (C=O) groups excluding carboxylic acids is 1. The Morgan fingerprint density at radius 1 is 1.21 bits per heavy atom. The lowest BCUT2D eigenvalue weighted by Crippen LogP contribution is -2.34. The normalized spacial score (nSPS) is 15.2. The average molecular weight is 449 g/mol. The molecule has 33 heavy (non-hydrogen) atoms. The lowest BCUT2D eigenvalue weighted by atomic mass is 9.97. The summed E-state index contributed by atoms with van der Waals surface area (Å²) in [5, 5.41) is 16.1. The number of nitrogens with one attached hydrogen (secondary N) is 1. The molecule has 1 N–H and O–H groups in total. The minimum absolute atomic E-state index is 0.133. The molecule has 9 nitrogen and oxygen atoms in total. The van der Waals surface area contributed by atoms with E-state index in [-0.39, 0.29) is 18.3 Å². The minimum Gasteiger partial charge on any atom is -0.448 e. The van der Waals surface area contributed by atoms with Crippen LogP contribution in [0.3, 0.4) is 0 Å². The van der Waals surface area contributed by atoms with Crippen molar-refractivity contribution in [2.24, 2.45) is 7.05 Å². The molecule has 1 aliphatic heterocycles. The molecule has 170 valence electrons. The van der Waals surface area contributed by atoms with E-state index in [9.17, 15) is 9.18 Å². The van der Waals surface area contributed by atoms with Gasteiger partial charge in [-0.3, -0.25) is 9.48 Å². The number of aryl methyl sites for hydroxylation is 1. The zero-order chi connectivity index (χ0) is 22.8. The Kier molecular flexibility index (Phi) is 5.82. The molecular formula is C23H24FN7O2. The van der Waals surface area contributed by atoms with Crippen molar-refractivity contribution in [1.82, 2.24) is 29.9 Å². The summed E-state index contributed by atoms with van der Waals surface area (Å²) >= 11 is 0. The van der Waals surface area contributed by atoms with Crippen molar-refractivity contribution < 1.29 is 13.6 Å². The first-order valence-electron chi connectivity index (χ1n) is 10.9. The second-order valence-corrected chi connectivity index (χ2v) is 8.24. The largest absolute Gasteiger partial charge is 0.448 e. The smallest absolute Gasteiger partial charge is 0.278 e. The highest BCUT2D eigenvalue weighted by molar-refractivity contribution is 6.02. The quantitative estimate of drug-likeness (QED) is 0.481. The number of fused-ring (bicyclic) bond motifs is 1. The third-order valence-corrected chi connectivity index (χ3v) is 5.96. The highest BCUT2D eigenvalue weighted by Gasteiger charge is 2.25. The zero-order valence-corrected chi connectivity index (χ0v) is 18.2. The van der Waals surface area contributed by atoms with E-state index < -0.39 is 5.91 Å². The fourth-order valence-electron chi connectivity index (χ4n) is 4.14. The van der Waals surface area contributed by atoms with Gasteiger partial charge < -0.3 is 14.6 Å². The van der Waals surface area contributed by atoms with Crippen LogP contribution in [0, 0.1) is 0 Å². The number of hydrogen-bond acceptors (Lipinski definition) is 7. The Morgan fingerprint density at radius 3 is 2.82 bits per heavy atom. The van der Waals surface area contributed by atoms with E-state index >= 15 is 0 Å².